The van der Waals surface area contributed by atoms with Crippen LogP contribution in [0.3, 0.4) is 0 Å². The van der Waals surface area contributed by atoms with Crippen molar-refractivity contribution in [1.29, 1.82) is 0 Å². The molecule has 2 heterocycles. The lowest BCUT2D eigenvalue weighted by molar-refractivity contribution is -0.119. The van der Waals surface area contributed by atoms with E-state index < -0.39 is 24.5 Å². The number of amides is 1. The number of benzene rings is 1. The third-order valence-electron chi connectivity index (χ3n) is 4.02. The Labute approximate surface area is 180 Å². The normalized spacial score (nSPS) is 10.5. The summed E-state index contributed by atoms with van der Waals surface area (Å²) in [6, 6.07) is 9.97. The number of carbonyl (C=O) groups is 3. The fraction of sp³-hybridized carbons (Fsp3) is 0.190. The molecule has 0 aliphatic carbocycles. The van der Waals surface area contributed by atoms with Crippen molar-refractivity contribution in [2.24, 2.45) is 0 Å². The van der Waals surface area contributed by atoms with Crippen LogP contribution >= 0.6 is 22.7 Å². The first-order valence-electron chi connectivity index (χ1n) is 9.02. The monoisotopic (exact) mass is 445 g/mol. The molecule has 0 atom stereocenters. The van der Waals surface area contributed by atoms with Crippen LogP contribution in [0.5, 0.6) is 0 Å². The van der Waals surface area contributed by atoms with Crippen LogP contribution in [0.15, 0.2) is 47.2 Å². The van der Waals surface area contributed by atoms with Gasteiger partial charge in [-0.3, -0.25) is 4.79 Å². The molecule has 0 saturated heterocycles. The van der Waals surface area contributed by atoms with Gasteiger partial charge >= 0.3 is 11.9 Å². The van der Waals surface area contributed by atoms with E-state index >= 15 is 0 Å². The lowest BCUT2D eigenvalue weighted by Crippen LogP contribution is -2.21. The molecule has 1 amide bonds. The van der Waals surface area contributed by atoms with E-state index in [1.54, 1.807) is 24.4 Å². The van der Waals surface area contributed by atoms with E-state index in [1.807, 2.05) is 17.5 Å². The average molecular weight is 446 g/mol. The highest BCUT2D eigenvalue weighted by Crippen LogP contribution is 2.38. The van der Waals surface area contributed by atoms with Crippen LogP contribution in [0.4, 0.5) is 5.00 Å². The quantitative estimate of drug-likeness (QED) is 0.509. The number of rotatable bonds is 8. The second-order valence-electron chi connectivity index (χ2n) is 6.03. The predicted molar refractivity (Wildman–Crippen MR) is 115 cm³/mol. The van der Waals surface area contributed by atoms with E-state index in [4.69, 9.17) is 14.6 Å². The summed E-state index contributed by atoms with van der Waals surface area (Å²) in [4.78, 5) is 37.7. The summed E-state index contributed by atoms with van der Waals surface area (Å²) in [6.45, 7) is 1.28. The summed E-state index contributed by atoms with van der Waals surface area (Å²) < 4.78 is 10.2. The molecule has 9 heteroatoms. The lowest BCUT2D eigenvalue weighted by Gasteiger charge is -2.09. The van der Waals surface area contributed by atoms with Crippen molar-refractivity contribution in [2.45, 2.75) is 13.5 Å². The molecule has 3 aromatic rings. The maximum atomic E-state index is 12.5. The van der Waals surface area contributed by atoms with Crippen LogP contribution < -0.4 is 5.32 Å². The minimum atomic E-state index is -0.661. The SMILES string of the molecule is CCOC(=O)c1c(-c2cccs2)csc1NC(=O)COC(=O)c1ccc(CO)cc1. The number of hydrogen-bond donors (Lipinski definition) is 2. The maximum absolute atomic E-state index is 12.5. The molecule has 2 N–H and O–H groups in total. The van der Waals surface area contributed by atoms with Crippen molar-refractivity contribution in [1.82, 2.24) is 0 Å². The third-order valence-corrected chi connectivity index (χ3v) is 5.82. The third kappa shape index (κ3) is 5.12. The Kier molecular flexibility index (Phi) is 7.34. The summed E-state index contributed by atoms with van der Waals surface area (Å²) in [5.41, 5.74) is 1.90. The highest BCUT2D eigenvalue weighted by molar-refractivity contribution is 7.17. The molecule has 2 aromatic heterocycles. The predicted octanol–water partition coefficient (Wildman–Crippen LogP) is 3.94. The zero-order chi connectivity index (χ0) is 21.5. The first-order chi connectivity index (χ1) is 14.5. The van der Waals surface area contributed by atoms with Gasteiger partial charge in [0, 0.05) is 15.8 Å². The van der Waals surface area contributed by atoms with E-state index in [-0.39, 0.29) is 24.3 Å². The van der Waals surface area contributed by atoms with Crippen molar-refractivity contribution < 1.29 is 29.0 Å². The number of hydrogen-bond acceptors (Lipinski definition) is 8. The highest BCUT2D eigenvalue weighted by Gasteiger charge is 2.23. The van der Waals surface area contributed by atoms with Gasteiger partial charge in [0.2, 0.25) is 0 Å². The molecule has 0 aliphatic rings. The molecule has 7 nitrogen and oxygen atoms in total. The van der Waals surface area contributed by atoms with Gasteiger partial charge in [-0.05, 0) is 36.1 Å². The Balaban J connectivity index is 1.68. The van der Waals surface area contributed by atoms with Gasteiger partial charge in [-0.2, -0.15) is 0 Å². The summed E-state index contributed by atoms with van der Waals surface area (Å²) in [5.74, 6) is -1.76. The summed E-state index contributed by atoms with van der Waals surface area (Å²) in [7, 11) is 0. The van der Waals surface area contributed by atoms with Gasteiger partial charge in [-0.25, -0.2) is 9.59 Å². The second-order valence-corrected chi connectivity index (χ2v) is 7.86. The molecule has 156 valence electrons. The van der Waals surface area contributed by atoms with Crippen LogP contribution in [-0.4, -0.2) is 36.2 Å². The number of aliphatic hydroxyl groups is 1. The number of thiophene rings is 2. The molecular weight excluding hydrogens is 426 g/mol. The van der Waals surface area contributed by atoms with Gasteiger partial charge in [-0.15, -0.1) is 22.7 Å². The zero-order valence-corrected chi connectivity index (χ0v) is 17.7. The highest BCUT2D eigenvalue weighted by atomic mass is 32.1. The van der Waals surface area contributed by atoms with Gasteiger partial charge in [0.1, 0.15) is 10.6 Å². The number of nitrogens with one attached hydrogen (secondary N) is 1. The van der Waals surface area contributed by atoms with E-state index in [2.05, 4.69) is 5.32 Å². The Hall–Kier alpha value is -3.01. The van der Waals surface area contributed by atoms with Crippen molar-refractivity contribution in [2.75, 3.05) is 18.5 Å². The van der Waals surface area contributed by atoms with E-state index in [1.165, 1.54) is 34.8 Å². The Morgan fingerprint density at radius 1 is 1.03 bits per heavy atom. The zero-order valence-electron chi connectivity index (χ0n) is 16.0. The topological polar surface area (TPSA) is 102 Å². The molecule has 0 aliphatic heterocycles. The standard InChI is InChI=1S/C21H19NO6S2/c1-2-27-21(26)18-15(16-4-3-9-29-16)12-30-19(18)22-17(24)11-28-20(25)14-7-5-13(10-23)6-8-14/h3-9,12,23H,2,10-11H2,1H3,(H,22,24). The van der Waals surface area contributed by atoms with Crippen molar-refractivity contribution in [3.63, 3.8) is 0 Å². The van der Waals surface area contributed by atoms with E-state index in [0.717, 1.165) is 4.88 Å². The molecule has 0 saturated carbocycles. The number of aliphatic hydroxyl groups excluding tert-OH is 1. The number of anilines is 1. The molecule has 3 rings (SSSR count). The molecule has 1 aromatic carbocycles. The van der Waals surface area contributed by atoms with Crippen LogP contribution in [0.2, 0.25) is 0 Å². The minimum Gasteiger partial charge on any atom is -0.462 e. The fourth-order valence-electron chi connectivity index (χ4n) is 2.59. The Morgan fingerprint density at radius 3 is 2.43 bits per heavy atom. The van der Waals surface area contributed by atoms with Crippen LogP contribution in [-0.2, 0) is 20.9 Å². The van der Waals surface area contributed by atoms with Gasteiger partial charge in [0.15, 0.2) is 6.61 Å². The van der Waals surface area contributed by atoms with Gasteiger partial charge in [0.05, 0.1) is 18.8 Å². The van der Waals surface area contributed by atoms with E-state index in [0.29, 0.717) is 16.1 Å². The van der Waals surface area contributed by atoms with Gasteiger partial charge < -0.3 is 19.9 Å². The largest absolute Gasteiger partial charge is 0.462 e. The molecule has 30 heavy (non-hydrogen) atoms. The smallest absolute Gasteiger partial charge is 0.341 e. The molecule has 0 bridgehead atoms. The van der Waals surface area contributed by atoms with Crippen LogP contribution in [0, 0.1) is 0 Å². The molecule has 0 spiro atoms. The molecule has 0 unspecified atom stereocenters. The lowest BCUT2D eigenvalue weighted by atomic mass is 10.1. The summed E-state index contributed by atoms with van der Waals surface area (Å²) in [6.07, 6.45) is 0. The Morgan fingerprint density at radius 2 is 1.80 bits per heavy atom. The second kappa shape index (κ2) is 10.1. The fourth-order valence-corrected chi connectivity index (χ4v) is 4.38. The number of esters is 2. The summed E-state index contributed by atoms with van der Waals surface area (Å²) in [5, 5.41) is 15.7. The van der Waals surface area contributed by atoms with E-state index in [9.17, 15) is 14.4 Å². The molecular formula is C21H19NO6S2. The average Bonchev–Trinajstić information content (AvgIpc) is 3.42. The summed E-state index contributed by atoms with van der Waals surface area (Å²) >= 11 is 2.67. The number of carbonyl (C=O) groups excluding carboxylic acids is 3. The minimum absolute atomic E-state index is 0.130. The van der Waals surface area contributed by atoms with Crippen LogP contribution in [0.25, 0.3) is 10.4 Å². The van der Waals surface area contributed by atoms with Crippen molar-refractivity contribution >= 4 is 45.5 Å². The first kappa shape index (κ1) is 21.7. The van der Waals surface area contributed by atoms with Crippen LogP contribution in [0.1, 0.15) is 33.2 Å². The van der Waals surface area contributed by atoms with Crippen molar-refractivity contribution in [3.8, 4) is 10.4 Å². The maximum Gasteiger partial charge on any atom is 0.341 e. The van der Waals surface area contributed by atoms with Gasteiger partial charge in [0.25, 0.3) is 5.91 Å². The van der Waals surface area contributed by atoms with Crippen molar-refractivity contribution in [3.05, 3.63) is 63.8 Å². The van der Waals surface area contributed by atoms with Gasteiger partial charge in [-0.1, -0.05) is 18.2 Å². The molecule has 0 radical (unpaired) electrons. The Bertz CT molecular complexity index is 1020. The first-order valence-corrected chi connectivity index (χ1v) is 10.8. The molecule has 0 fully saturated rings. The number of ether oxygens (including phenoxy) is 2.